The number of rotatable bonds is 11. The quantitative estimate of drug-likeness (QED) is 0.134. The van der Waals surface area contributed by atoms with Crippen molar-refractivity contribution in [3.63, 3.8) is 0 Å². The molecule has 2 heterocycles. The monoisotopic (exact) mass is 688 g/mol. The van der Waals surface area contributed by atoms with Crippen molar-refractivity contribution in [3.8, 4) is 11.5 Å². The molecule has 2 aromatic carbocycles. The molecule has 2 atom stereocenters. The molecule has 1 aliphatic carbocycles. The Bertz CT molecular complexity index is 1570. The van der Waals surface area contributed by atoms with Crippen molar-refractivity contribution in [1.82, 2.24) is 4.31 Å². The fourth-order valence-electron chi connectivity index (χ4n) is 5.15. The zero-order chi connectivity index (χ0) is 31.4. The topological polar surface area (TPSA) is 109 Å². The predicted octanol–water partition coefficient (Wildman–Crippen LogP) is 6.14. The van der Waals surface area contributed by atoms with Gasteiger partial charge in [-0.15, -0.1) is 11.8 Å². The molecule has 236 valence electrons. The van der Waals surface area contributed by atoms with Crippen LogP contribution in [0.25, 0.3) is 0 Å². The fourth-order valence-corrected chi connectivity index (χ4v) is 8.81. The standard InChI is InChI=1S/C29H28Cl2F2N2O7S2/c30-22-16-34(37)17-23(31)21(22)15-25(18-10-11-24(42-29(32)33)26(14-18)40-19-6-4-5-7-19)41-28(36)27-35(12-13-43-27)44(38,39)20-8-2-1-3-9-20/h1-3,8-11,14,16-17,19,25,27,29H,4-7,12-13,15H2. The molecule has 1 saturated carbocycles. The van der Waals surface area contributed by atoms with E-state index in [1.807, 2.05) is 0 Å². The van der Waals surface area contributed by atoms with E-state index in [0.29, 0.717) is 16.0 Å². The third kappa shape index (κ3) is 7.51. The van der Waals surface area contributed by atoms with Crippen LogP contribution < -0.4 is 14.2 Å². The van der Waals surface area contributed by atoms with Crippen molar-refractivity contribution >= 4 is 51.0 Å². The lowest BCUT2D eigenvalue weighted by molar-refractivity contribution is -0.605. The normalized spacial score (nSPS) is 18.4. The number of ether oxygens (including phenoxy) is 3. The highest BCUT2D eigenvalue weighted by molar-refractivity contribution is 8.02. The minimum absolute atomic E-state index is 0.0113. The van der Waals surface area contributed by atoms with E-state index in [0.717, 1.165) is 54.1 Å². The van der Waals surface area contributed by atoms with Crippen LogP contribution in [-0.4, -0.2) is 49.1 Å². The second-order valence-corrected chi connectivity index (χ2v) is 14.1. The molecule has 0 radical (unpaired) electrons. The van der Waals surface area contributed by atoms with Crippen LogP contribution in [-0.2, 0) is 26.0 Å². The Morgan fingerprint density at radius 1 is 1.07 bits per heavy atom. The van der Waals surface area contributed by atoms with Crippen LogP contribution in [0.5, 0.6) is 11.5 Å². The van der Waals surface area contributed by atoms with E-state index in [4.69, 9.17) is 37.4 Å². The van der Waals surface area contributed by atoms with Crippen molar-refractivity contribution in [2.45, 2.75) is 61.2 Å². The smallest absolute Gasteiger partial charge is 0.387 e. The van der Waals surface area contributed by atoms with Crippen LogP contribution >= 0.6 is 35.0 Å². The average molecular weight is 690 g/mol. The summed E-state index contributed by atoms with van der Waals surface area (Å²) in [6.07, 6.45) is 4.08. The molecule has 2 fully saturated rings. The minimum atomic E-state index is -4.02. The molecular formula is C29H28Cl2F2N2O7S2. The summed E-state index contributed by atoms with van der Waals surface area (Å²) in [5.41, 5.74) is 0.622. The first kappa shape index (κ1) is 32.6. The van der Waals surface area contributed by atoms with Crippen molar-refractivity contribution in [1.29, 1.82) is 0 Å². The van der Waals surface area contributed by atoms with Gasteiger partial charge in [0.05, 0.1) is 11.0 Å². The van der Waals surface area contributed by atoms with Gasteiger partial charge in [-0.05, 0) is 55.5 Å². The number of alkyl halides is 2. The van der Waals surface area contributed by atoms with Crippen LogP contribution in [0.15, 0.2) is 65.8 Å². The summed E-state index contributed by atoms with van der Waals surface area (Å²) < 4.78 is 71.5. The van der Waals surface area contributed by atoms with Gasteiger partial charge in [0.2, 0.25) is 10.0 Å². The van der Waals surface area contributed by atoms with Gasteiger partial charge < -0.3 is 19.4 Å². The number of aromatic nitrogens is 1. The van der Waals surface area contributed by atoms with Gasteiger partial charge in [-0.2, -0.15) is 17.8 Å². The van der Waals surface area contributed by atoms with Crippen LogP contribution in [0.1, 0.15) is 42.9 Å². The highest BCUT2D eigenvalue weighted by atomic mass is 35.5. The van der Waals surface area contributed by atoms with Gasteiger partial charge in [0.1, 0.15) is 16.1 Å². The average Bonchev–Trinajstić information content (AvgIpc) is 3.68. The van der Waals surface area contributed by atoms with E-state index in [1.54, 1.807) is 18.2 Å². The third-order valence-electron chi connectivity index (χ3n) is 7.26. The molecule has 44 heavy (non-hydrogen) atoms. The van der Waals surface area contributed by atoms with Crippen molar-refractivity contribution < 1.29 is 40.9 Å². The minimum Gasteiger partial charge on any atom is -0.619 e. The third-order valence-corrected chi connectivity index (χ3v) is 11.1. The first-order valence-electron chi connectivity index (χ1n) is 13.7. The number of hydrogen-bond donors (Lipinski definition) is 0. The molecule has 0 spiro atoms. The summed E-state index contributed by atoms with van der Waals surface area (Å²) in [5.74, 6) is -0.627. The first-order chi connectivity index (χ1) is 21.0. The maximum absolute atomic E-state index is 13.7. The van der Waals surface area contributed by atoms with Crippen LogP contribution in [0.3, 0.4) is 0 Å². The van der Waals surface area contributed by atoms with Gasteiger partial charge in [0.25, 0.3) is 0 Å². The Balaban J connectivity index is 1.49. The van der Waals surface area contributed by atoms with E-state index in [1.165, 1.54) is 30.3 Å². The van der Waals surface area contributed by atoms with Crippen LogP contribution in [0.2, 0.25) is 10.0 Å². The molecule has 2 unspecified atom stereocenters. The lowest BCUT2D eigenvalue weighted by Gasteiger charge is -2.26. The summed E-state index contributed by atoms with van der Waals surface area (Å²) in [6, 6.07) is 11.9. The van der Waals surface area contributed by atoms with Gasteiger partial charge in [0, 0.05) is 24.3 Å². The molecule has 2 aliphatic rings. The molecule has 0 N–H and O–H groups in total. The van der Waals surface area contributed by atoms with E-state index in [2.05, 4.69) is 0 Å². The molecular weight excluding hydrogens is 661 g/mol. The predicted molar refractivity (Wildman–Crippen MR) is 160 cm³/mol. The van der Waals surface area contributed by atoms with E-state index < -0.39 is 34.1 Å². The zero-order valence-electron chi connectivity index (χ0n) is 23.1. The fraction of sp³-hybridized carbons (Fsp3) is 0.379. The molecule has 9 nitrogen and oxygen atoms in total. The highest BCUT2D eigenvalue weighted by Gasteiger charge is 2.42. The number of esters is 1. The summed E-state index contributed by atoms with van der Waals surface area (Å²) in [6.45, 7) is -3.01. The van der Waals surface area contributed by atoms with Gasteiger partial charge >= 0.3 is 12.6 Å². The molecule has 3 aromatic rings. The Hall–Kier alpha value is -2.84. The second kappa shape index (κ2) is 14.1. The largest absolute Gasteiger partial charge is 0.619 e. The van der Waals surface area contributed by atoms with E-state index in [-0.39, 0.29) is 51.1 Å². The SMILES string of the molecule is O=C(OC(Cc1c(Cl)c[n+]([O-])cc1Cl)c1ccc(OC(F)F)c(OC2CCCC2)c1)C1SCCN1S(=O)(=O)c1ccccc1. The Morgan fingerprint density at radius 2 is 1.75 bits per heavy atom. The highest BCUT2D eigenvalue weighted by Crippen LogP contribution is 2.39. The summed E-state index contributed by atoms with van der Waals surface area (Å²) in [7, 11) is -4.02. The van der Waals surface area contributed by atoms with Crippen molar-refractivity contribution in [3.05, 3.63) is 87.3 Å². The van der Waals surface area contributed by atoms with Gasteiger partial charge in [0.15, 0.2) is 29.3 Å². The number of sulfonamides is 1. The van der Waals surface area contributed by atoms with Crippen molar-refractivity contribution in [2.75, 3.05) is 12.3 Å². The number of pyridine rings is 1. The van der Waals surface area contributed by atoms with Crippen molar-refractivity contribution in [2.24, 2.45) is 0 Å². The van der Waals surface area contributed by atoms with Crippen LogP contribution in [0, 0.1) is 5.21 Å². The Kier molecular flexibility index (Phi) is 10.4. The number of benzene rings is 2. The molecule has 1 aromatic heterocycles. The molecule has 15 heteroatoms. The second-order valence-electron chi connectivity index (χ2n) is 10.2. The number of nitrogens with zero attached hydrogens (tertiary/aromatic N) is 2. The lowest BCUT2D eigenvalue weighted by atomic mass is 10.0. The lowest BCUT2D eigenvalue weighted by Crippen LogP contribution is -2.40. The van der Waals surface area contributed by atoms with Gasteiger partial charge in [-0.3, -0.25) is 0 Å². The maximum Gasteiger partial charge on any atom is 0.387 e. The summed E-state index contributed by atoms with van der Waals surface area (Å²) in [5, 5.41) is 10.7. The molecule has 1 saturated heterocycles. The molecule has 1 aliphatic heterocycles. The van der Waals surface area contributed by atoms with E-state index in [9.17, 15) is 27.2 Å². The Labute approximate surface area is 267 Å². The zero-order valence-corrected chi connectivity index (χ0v) is 26.3. The Morgan fingerprint density at radius 3 is 2.41 bits per heavy atom. The number of carbonyl (C=O) groups excluding carboxylic acids is 1. The molecule has 0 bridgehead atoms. The summed E-state index contributed by atoms with van der Waals surface area (Å²) in [4.78, 5) is 13.7. The summed E-state index contributed by atoms with van der Waals surface area (Å²) >= 11 is 13.8. The first-order valence-corrected chi connectivity index (χ1v) is 17.0. The maximum atomic E-state index is 13.7. The molecule has 5 rings (SSSR count). The van der Waals surface area contributed by atoms with Crippen LogP contribution in [0.4, 0.5) is 8.78 Å². The number of carbonyl (C=O) groups is 1. The van der Waals surface area contributed by atoms with Gasteiger partial charge in [-0.1, -0.05) is 47.5 Å². The van der Waals surface area contributed by atoms with E-state index >= 15 is 0 Å². The molecule has 0 amide bonds. The number of hydrogen-bond acceptors (Lipinski definition) is 8. The number of thioether (sulfide) groups is 1. The van der Waals surface area contributed by atoms with Gasteiger partial charge in [-0.25, -0.2) is 13.2 Å². The number of halogens is 4.